The first-order valence-corrected chi connectivity index (χ1v) is 11.1. The maximum atomic E-state index is 12.3. The molecule has 0 fully saturated rings. The van der Waals surface area contributed by atoms with Crippen LogP contribution in [-0.4, -0.2) is 22.7 Å². The average molecular weight is 470 g/mol. The molecule has 8 heteroatoms. The molecule has 2 amide bonds. The number of thioether (sulfide) groups is 1. The van der Waals surface area contributed by atoms with Crippen molar-refractivity contribution in [3.63, 3.8) is 0 Å². The molecule has 0 unspecified atom stereocenters. The molecule has 31 heavy (non-hydrogen) atoms. The Kier molecular flexibility index (Phi) is 8.06. The Morgan fingerprint density at radius 2 is 1.68 bits per heavy atom. The number of carbonyl (C=O) groups excluding carboxylic acids is 2. The lowest BCUT2D eigenvalue weighted by Gasteiger charge is -2.13. The van der Waals surface area contributed by atoms with Crippen LogP contribution in [0.3, 0.4) is 0 Å². The van der Waals surface area contributed by atoms with Crippen molar-refractivity contribution >= 4 is 63.9 Å². The summed E-state index contributed by atoms with van der Waals surface area (Å²) in [6.45, 7) is 1.89. The normalized spacial score (nSPS) is 10.3. The number of amides is 2. The second-order valence-corrected chi connectivity index (χ2v) is 8.49. The van der Waals surface area contributed by atoms with Crippen molar-refractivity contribution in [2.24, 2.45) is 0 Å². The van der Waals surface area contributed by atoms with Gasteiger partial charge < -0.3 is 16.0 Å². The molecule has 0 atom stereocenters. The summed E-state index contributed by atoms with van der Waals surface area (Å²) in [6, 6.07) is 21.7. The zero-order chi connectivity index (χ0) is 22.2. The Bertz CT molecular complexity index is 1090. The van der Waals surface area contributed by atoms with Gasteiger partial charge in [0.15, 0.2) is 5.11 Å². The summed E-state index contributed by atoms with van der Waals surface area (Å²) in [5.74, 6) is -0.154. The SMILES string of the molecule is Cc1cc(NC(=S)NC(=O)CSc2ccc(Cl)cc2)ccc1NC(=O)c1ccccc1. The molecule has 3 aromatic carbocycles. The molecule has 3 aromatic rings. The minimum absolute atomic E-state index is 0.176. The molecule has 0 aliphatic rings. The number of benzene rings is 3. The molecule has 0 aromatic heterocycles. The van der Waals surface area contributed by atoms with Gasteiger partial charge in [-0.3, -0.25) is 9.59 Å². The fourth-order valence-electron chi connectivity index (χ4n) is 2.67. The zero-order valence-corrected chi connectivity index (χ0v) is 19.0. The zero-order valence-electron chi connectivity index (χ0n) is 16.6. The van der Waals surface area contributed by atoms with Crippen LogP contribution < -0.4 is 16.0 Å². The number of aryl methyl sites for hydroxylation is 1. The largest absolute Gasteiger partial charge is 0.332 e. The van der Waals surface area contributed by atoms with E-state index in [1.807, 2.05) is 43.3 Å². The molecular weight excluding hydrogens is 450 g/mol. The van der Waals surface area contributed by atoms with Gasteiger partial charge in [-0.05, 0) is 79.3 Å². The molecule has 0 spiro atoms. The van der Waals surface area contributed by atoms with Crippen LogP contribution in [-0.2, 0) is 4.79 Å². The maximum Gasteiger partial charge on any atom is 0.255 e. The molecule has 0 radical (unpaired) electrons. The molecule has 3 rings (SSSR count). The molecule has 5 nitrogen and oxygen atoms in total. The molecule has 0 saturated heterocycles. The Hall–Kier alpha value is -2.87. The topological polar surface area (TPSA) is 70.2 Å². The van der Waals surface area contributed by atoms with Crippen LogP contribution in [0.2, 0.25) is 5.02 Å². The highest BCUT2D eigenvalue weighted by atomic mass is 35.5. The summed E-state index contributed by atoms with van der Waals surface area (Å²) in [4.78, 5) is 25.4. The summed E-state index contributed by atoms with van der Waals surface area (Å²) < 4.78 is 0. The van der Waals surface area contributed by atoms with Crippen LogP contribution in [0.5, 0.6) is 0 Å². The summed E-state index contributed by atoms with van der Waals surface area (Å²) in [5, 5.41) is 9.41. The predicted octanol–water partition coefficient (Wildman–Crippen LogP) is 5.51. The quantitative estimate of drug-likeness (QED) is 0.328. The average Bonchev–Trinajstić information content (AvgIpc) is 2.75. The summed E-state index contributed by atoms with van der Waals surface area (Å²) >= 11 is 12.5. The first-order valence-electron chi connectivity index (χ1n) is 9.37. The summed E-state index contributed by atoms with van der Waals surface area (Å²) in [7, 11) is 0. The standard InChI is InChI=1S/C23H20ClN3O2S2/c1-15-13-18(9-12-20(15)26-22(29)16-5-3-2-4-6-16)25-23(30)27-21(28)14-31-19-10-7-17(24)8-11-19/h2-13H,14H2,1H3,(H,26,29)(H2,25,27,28,30). The van der Waals surface area contributed by atoms with Crippen molar-refractivity contribution in [1.82, 2.24) is 5.32 Å². The van der Waals surface area contributed by atoms with E-state index in [9.17, 15) is 9.59 Å². The van der Waals surface area contributed by atoms with Crippen LogP contribution in [0.15, 0.2) is 77.7 Å². The molecule has 0 aliphatic carbocycles. The summed E-state index contributed by atoms with van der Waals surface area (Å²) in [6.07, 6.45) is 0. The number of rotatable bonds is 6. The van der Waals surface area contributed by atoms with E-state index >= 15 is 0 Å². The van der Waals surface area contributed by atoms with Crippen molar-refractivity contribution in [3.05, 3.63) is 88.9 Å². The molecule has 0 saturated carbocycles. The van der Waals surface area contributed by atoms with Gasteiger partial charge in [0.1, 0.15) is 0 Å². The Morgan fingerprint density at radius 3 is 2.35 bits per heavy atom. The molecule has 158 valence electrons. The first kappa shape index (κ1) is 22.8. The third-order valence-corrected chi connectivity index (χ3v) is 5.67. The van der Waals surface area contributed by atoms with E-state index in [-0.39, 0.29) is 22.7 Å². The van der Waals surface area contributed by atoms with Gasteiger partial charge in [0, 0.05) is 26.9 Å². The number of anilines is 2. The number of nitrogens with one attached hydrogen (secondary N) is 3. The van der Waals surface area contributed by atoms with Crippen LogP contribution in [0, 0.1) is 6.92 Å². The lowest BCUT2D eigenvalue weighted by atomic mass is 10.1. The van der Waals surface area contributed by atoms with E-state index < -0.39 is 0 Å². The smallest absolute Gasteiger partial charge is 0.255 e. The Balaban J connectivity index is 1.50. The van der Waals surface area contributed by atoms with Crippen molar-refractivity contribution in [2.75, 3.05) is 16.4 Å². The van der Waals surface area contributed by atoms with Gasteiger partial charge in [-0.15, -0.1) is 11.8 Å². The molecule has 0 heterocycles. The van der Waals surface area contributed by atoms with Gasteiger partial charge in [0.25, 0.3) is 5.91 Å². The predicted molar refractivity (Wildman–Crippen MR) is 132 cm³/mol. The maximum absolute atomic E-state index is 12.3. The molecule has 3 N–H and O–H groups in total. The van der Waals surface area contributed by atoms with Gasteiger partial charge in [0.2, 0.25) is 5.91 Å². The van der Waals surface area contributed by atoms with Crippen molar-refractivity contribution in [2.45, 2.75) is 11.8 Å². The number of thiocarbonyl (C=S) groups is 1. The van der Waals surface area contributed by atoms with E-state index in [0.717, 1.165) is 10.5 Å². The third kappa shape index (κ3) is 7.10. The number of halogens is 1. The van der Waals surface area contributed by atoms with E-state index in [1.165, 1.54) is 11.8 Å². The van der Waals surface area contributed by atoms with Gasteiger partial charge in [-0.1, -0.05) is 29.8 Å². The molecule has 0 bridgehead atoms. The highest BCUT2D eigenvalue weighted by Crippen LogP contribution is 2.21. The van der Waals surface area contributed by atoms with Gasteiger partial charge in [0.05, 0.1) is 5.75 Å². The lowest BCUT2D eigenvalue weighted by Crippen LogP contribution is -2.35. The monoisotopic (exact) mass is 469 g/mol. The van der Waals surface area contributed by atoms with Crippen LogP contribution in [0.1, 0.15) is 15.9 Å². The number of carbonyl (C=O) groups is 2. The van der Waals surface area contributed by atoms with Gasteiger partial charge >= 0.3 is 0 Å². The van der Waals surface area contributed by atoms with Crippen LogP contribution >= 0.6 is 35.6 Å². The van der Waals surface area contributed by atoms with E-state index in [0.29, 0.717) is 22.0 Å². The van der Waals surface area contributed by atoms with Crippen LogP contribution in [0.25, 0.3) is 0 Å². The van der Waals surface area contributed by atoms with Crippen molar-refractivity contribution in [3.8, 4) is 0 Å². The highest BCUT2D eigenvalue weighted by molar-refractivity contribution is 8.00. The van der Waals surface area contributed by atoms with E-state index in [4.69, 9.17) is 23.8 Å². The van der Waals surface area contributed by atoms with Crippen molar-refractivity contribution < 1.29 is 9.59 Å². The molecular formula is C23H20ClN3O2S2. The van der Waals surface area contributed by atoms with Crippen LogP contribution in [0.4, 0.5) is 11.4 Å². The lowest BCUT2D eigenvalue weighted by molar-refractivity contribution is -0.117. The number of hydrogen-bond donors (Lipinski definition) is 3. The van der Waals surface area contributed by atoms with E-state index in [1.54, 1.807) is 36.4 Å². The Labute approximate surface area is 195 Å². The minimum Gasteiger partial charge on any atom is -0.332 e. The highest BCUT2D eigenvalue weighted by Gasteiger charge is 2.09. The van der Waals surface area contributed by atoms with E-state index in [2.05, 4.69) is 16.0 Å². The third-order valence-electron chi connectivity index (χ3n) is 4.20. The Morgan fingerprint density at radius 1 is 0.968 bits per heavy atom. The second kappa shape index (κ2) is 10.9. The first-order chi connectivity index (χ1) is 14.9. The van der Waals surface area contributed by atoms with Crippen molar-refractivity contribution in [1.29, 1.82) is 0 Å². The fourth-order valence-corrected chi connectivity index (χ4v) is 3.73. The minimum atomic E-state index is -0.207. The van der Waals surface area contributed by atoms with Gasteiger partial charge in [-0.2, -0.15) is 0 Å². The van der Waals surface area contributed by atoms with Gasteiger partial charge in [-0.25, -0.2) is 0 Å². The number of hydrogen-bond acceptors (Lipinski definition) is 4. The second-order valence-electron chi connectivity index (χ2n) is 6.59. The molecule has 0 aliphatic heterocycles. The summed E-state index contributed by atoms with van der Waals surface area (Å²) in [5.41, 5.74) is 2.87. The fraction of sp³-hybridized carbons (Fsp3) is 0.0870.